The second kappa shape index (κ2) is 7.98. The zero-order valence-corrected chi connectivity index (χ0v) is 16.3. The van der Waals surface area contributed by atoms with Gasteiger partial charge in [-0.15, -0.1) is 0 Å². The molecule has 7 heteroatoms. The van der Waals surface area contributed by atoms with Crippen molar-refractivity contribution in [2.24, 2.45) is 13.0 Å². The Morgan fingerprint density at radius 3 is 2.89 bits per heavy atom. The van der Waals surface area contributed by atoms with Crippen LogP contribution in [-0.4, -0.2) is 38.8 Å². The van der Waals surface area contributed by atoms with Gasteiger partial charge in [-0.1, -0.05) is 23.4 Å². The summed E-state index contributed by atoms with van der Waals surface area (Å²) in [5.74, 6) is 0.874. The molecule has 7 nitrogen and oxygen atoms in total. The van der Waals surface area contributed by atoms with Crippen LogP contribution >= 0.6 is 0 Å². The van der Waals surface area contributed by atoms with Crippen LogP contribution in [-0.2, 0) is 18.4 Å². The van der Waals surface area contributed by atoms with Gasteiger partial charge in [0.15, 0.2) is 5.76 Å². The summed E-state index contributed by atoms with van der Waals surface area (Å²) < 4.78 is 7.37. The van der Waals surface area contributed by atoms with E-state index in [1.165, 1.54) is 0 Å². The standard InChI is InChI=1S/C21H25N5O2/c1-15-19(12-22-25(15)2)20-11-18(28-24-20)14-26-10-6-7-16(13-26)21(27)23-17-8-4-3-5-9-17/h3-5,8-9,11-12,16H,6-7,10,13-14H2,1-2H3,(H,23,27). The number of nitrogens with one attached hydrogen (secondary N) is 1. The van der Waals surface area contributed by atoms with E-state index >= 15 is 0 Å². The summed E-state index contributed by atoms with van der Waals surface area (Å²) in [6.07, 6.45) is 3.71. The lowest BCUT2D eigenvalue weighted by Crippen LogP contribution is -2.40. The monoisotopic (exact) mass is 379 g/mol. The van der Waals surface area contributed by atoms with E-state index in [4.69, 9.17) is 4.52 Å². The average molecular weight is 379 g/mol. The maximum absolute atomic E-state index is 12.6. The lowest BCUT2D eigenvalue weighted by molar-refractivity contribution is -0.121. The largest absolute Gasteiger partial charge is 0.359 e. The minimum absolute atomic E-state index is 0.0167. The molecule has 1 aliphatic rings. The van der Waals surface area contributed by atoms with Gasteiger partial charge in [-0.25, -0.2) is 0 Å². The number of anilines is 1. The first kappa shape index (κ1) is 18.4. The van der Waals surface area contributed by atoms with Crippen LogP contribution in [0.5, 0.6) is 0 Å². The smallest absolute Gasteiger partial charge is 0.228 e. The average Bonchev–Trinajstić information content (AvgIpc) is 3.29. The quantitative estimate of drug-likeness (QED) is 0.736. The molecule has 3 aromatic rings. The third-order valence-electron chi connectivity index (χ3n) is 5.37. The van der Waals surface area contributed by atoms with Gasteiger partial charge in [0.1, 0.15) is 5.69 Å². The van der Waals surface area contributed by atoms with Gasteiger partial charge in [-0.05, 0) is 38.4 Å². The van der Waals surface area contributed by atoms with Gasteiger partial charge in [0.05, 0.1) is 18.7 Å². The molecule has 0 saturated carbocycles. The fourth-order valence-corrected chi connectivity index (χ4v) is 3.66. The summed E-state index contributed by atoms with van der Waals surface area (Å²) in [4.78, 5) is 14.9. The molecule has 2 aromatic heterocycles. The molecule has 1 atom stereocenters. The van der Waals surface area contributed by atoms with Gasteiger partial charge in [0.2, 0.25) is 5.91 Å². The number of aryl methyl sites for hydroxylation is 1. The molecule has 0 radical (unpaired) electrons. The van der Waals surface area contributed by atoms with E-state index in [1.54, 1.807) is 0 Å². The first-order valence-electron chi connectivity index (χ1n) is 9.63. The number of carbonyl (C=O) groups excluding carboxylic acids is 1. The molecule has 1 saturated heterocycles. The predicted octanol–water partition coefficient (Wildman–Crippen LogP) is 3.23. The molecule has 1 N–H and O–H groups in total. The second-order valence-electron chi connectivity index (χ2n) is 7.38. The number of rotatable bonds is 5. The van der Waals surface area contributed by atoms with E-state index < -0.39 is 0 Å². The summed E-state index contributed by atoms with van der Waals surface area (Å²) in [5.41, 5.74) is 3.68. The highest BCUT2D eigenvalue weighted by molar-refractivity contribution is 5.92. The summed E-state index contributed by atoms with van der Waals surface area (Å²) in [5, 5.41) is 11.5. The van der Waals surface area contributed by atoms with Crippen molar-refractivity contribution < 1.29 is 9.32 Å². The topological polar surface area (TPSA) is 76.2 Å². The summed E-state index contributed by atoms with van der Waals surface area (Å²) in [6, 6.07) is 11.6. The number of hydrogen-bond donors (Lipinski definition) is 1. The first-order chi connectivity index (χ1) is 13.6. The molecule has 28 heavy (non-hydrogen) atoms. The van der Waals surface area contributed by atoms with Crippen LogP contribution in [0.2, 0.25) is 0 Å². The molecular formula is C21H25N5O2. The molecule has 1 fully saturated rings. The number of likely N-dealkylation sites (tertiary alicyclic amines) is 1. The van der Waals surface area contributed by atoms with Crippen molar-refractivity contribution >= 4 is 11.6 Å². The predicted molar refractivity (Wildman–Crippen MR) is 107 cm³/mol. The number of para-hydroxylation sites is 1. The number of amides is 1. The molecule has 4 rings (SSSR count). The first-order valence-corrected chi connectivity index (χ1v) is 9.63. The Morgan fingerprint density at radius 1 is 1.32 bits per heavy atom. The van der Waals surface area contributed by atoms with Crippen molar-refractivity contribution in [3.05, 3.63) is 54.0 Å². The van der Waals surface area contributed by atoms with Gasteiger partial charge in [0, 0.05) is 36.6 Å². The highest BCUT2D eigenvalue weighted by Crippen LogP contribution is 2.25. The van der Waals surface area contributed by atoms with Crippen LogP contribution < -0.4 is 5.32 Å². The van der Waals surface area contributed by atoms with Crippen molar-refractivity contribution in [1.29, 1.82) is 0 Å². The summed E-state index contributed by atoms with van der Waals surface area (Å²) in [7, 11) is 1.91. The third kappa shape index (κ3) is 3.99. The van der Waals surface area contributed by atoms with Gasteiger partial charge in [-0.3, -0.25) is 14.4 Å². The third-order valence-corrected chi connectivity index (χ3v) is 5.37. The molecular weight excluding hydrogens is 354 g/mol. The van der Waals surface area contributed by atoms with E-state index in [0.29, 0.717) is 6.54 Å². The van der Waals surface area contributed by atoms with Crippen molar-refractivity contribution in [3.63, 3.8) is 0 Å². The molecule has 0 aliphatic carbocycles. The Kier molecular flexibility index (Phi) is 5.25. The fraction of sp³-hybridized carbons (Fsp3) is 0.381. The zero-order valence-electron chi connectivity index (χ0n) is 16.3. The van der Waals surface area contributed by atoms with Crippen LogP contribution in [0.3, 0.4) is 0 Å². The zero-order chi connectivity index (χ0) is 19.5. The van der Waals surface area contributed by atoms with Crippen molar-refractivity contribution in [2.45, 2.75) is 26.3 Å². The Balaban J connectivity index is 1.38. The van der Waals surface area contributed by atoms with E-state index in [2.05, 4.69) is 20.5 Å². The van der Waals surface area contributed by atoms with Gasteiger partial charge < -0.3 is 9.84 Å². The lowest BCUT2D eigenvalue weighted by Gasteiger charge is -2.31. The van der Waals surface area contributed by atoms with E-state index in [1.807, 2.05) is 61.2 Å². The van der Waals surface area contributed by atoms with Crippen LogP contribution in [0.15, 0.2) is 47.1 Å². The van der Waals surface area contributed by atoms with Crippen molar-refractivity contribution in [1.82, 2.24) is 19.8 Å². The van der Waals surface area contributed by atoms with Crippen LogP contribution in [0.4, 0.5) is 5.69 Å². The van der Waals surface area contributed by atoms with E-state index in [-0.39, 0.29) is 11.8 Å². The molecule has 0 spiro atoms. The minimum atomic E-state index is -0.0167. The van der Waals surface area contributed by atoms with Crippen LogP contribution in [0, 0.1) is 12.8 Å². The number of piperidine rings is 1. The van der Waals surface area contributed by atoms with E-state index in [9.17, 15) is 4.79 Å². The van der Waals surface area contributed by atoms with Crippen LogP contribution in [0.1, 0.15) is 24.3 Å². The Morgan fingerprint density at radius 2 is 2.14 bits per heavy atom. The number of benzene rings is 1. The second-order valence-corrected chi connectivity index (χ2v) is 7.38. The number of hydrogen-bond acceptors (Lipinski definition) is 5. The fourth-order valence-electron chi connectivity index (χ4n) is 3.66. The Labute approximate surface area is 164 Å². The van der Waals surface area contributed by atoms with Crippen molar-refractivity contribution in [3.8, 4) is 11.3 Å². The number of aromatic nitrogens is 3. The van der Waals surface area contributed by atoms with E-state index in [0.717, 1.165) is 54.3 Å². The highest BCUT2D eigenvalue weighted by atomic mass is 16.5. The summed E-state index contributed by atoms with van der Waals surface area (Å²) >= 11 is 0. The van der Waals surface area contributed by atoms with Gasteiger partial charge in [-0.2, -0.15) is 5.10 Å². The molecule has 0 bridgehead atoms. The van der Waals surface area contributed by atoms with Gasteiger partial charge >= 0.3 is 0 Å². The minimum Gasteiger partial charge on any atom is -0.359 e. The number of carbonyl (C=O) groups is 1. The van der Waals surface area contributed by atoms with Crippen LogP contribution in [0.25, 0.3) is 11.3 Å². The normalized spacial score (nSPS) is 17.6. The molecule has 146 valence electrons. The van der Waals surface area contributed by atoms with Crippen molar-refractivity contribution in [2.75, 3.05) is 18.4 Å². The van der Waals surface area contributed by atoms with Gasteiger partial charge in [0.25, 0.3) is 0 Å². The Bertz CT molecular complexity index is 947. The molecule has 1 aliphatic heterocycles. The summed E-state index contributed by atoms with van der Waals surface area (Å²) in [6.45, 7) is 4.34. The molecule has 3 heterocycles. The maximum Gasteiger partial charge on any atom is 0.228 e. The Hall–Kier alpha value is -2.93. The molecule has 1 aromatic carbocycles. The number of nitrogens with zero attached hydrogens (tertiary/aromatic N) is 4. The SMILES string of the molecule is Cc1c(-c2cc(CN3CCCC(C(=O)Nc4ccccc4)C3)on2)cnn1C. The lowest BCUT2D eigenvalue weighted by atomic mass is 9.97. The molecule has 1 unspecified atom stereocenters. The maximum atomic E-state index is 12.6. The highest BCUT2D eigenvalue weighted by Gasteiger charge is 2.26. The molecule has 1 amide bonds.